The molecule has 2 unspecified atom stereocenters. The van der Waals surface area contributed by atoms with Crippen LogP contribution >= 0.6 is 0 Å². The summed E-state index contributed by atoms with van der Waals surface area (Å²) >= 11 is 0. The quantitative estimate of drug-likeness (QED) is 0.665. The number of carbonyl (C=O) groups is 1. The Morgan fingerprint density at radius 2 is 2.13 bits per heavy atom. The minimum Gasteiger partial charge on any atom is -0.390 e. The van der Waals surface area contributed by atoms with Gasteiger partial charge in [0.15, 0.2) is 0 Å². The monoisotopic (exact) mass is 209 g/mol. The normalized spacial score (nSPS) is 14.6. The van der Waals surface area contributed by atoms with Crippen LogP contribution in [0.3, 0.4) is 0 Å². The van der Waals surface area contributed by atoms with Crippen LogP contribution in [0.25, 0.3) is 0 Å². The van der Waals surface area contributed by atoms with Gasteiger partial charge in [-0.2, -0.15) is 0 Å². The highest BCUT2D eigenvalue weighted by Crippen LogP contribution is 2.19. The van der Waals surface area contributed by atoms with Gasteiger partial charge in [-0.15, -0.1) is 0 Å². The van der Waals surface area contributed by atoms with E-state index in [-0.39, 0.29) is 6.42 Å². The summed E-state index contributed by atoms with van der Waals surface area (Å²) in [6.07, 6.45) is -2.46. The van der Waals surface area contributed by atoms with Gasteiger partial charge in [0, 0.05) is 0 Å². The van der Waals surface area contributed by atoms with Gasteiger partial charge in [0.1, 0.15) is 6.10 Å². The molecule has 2 atom stereocenters. The summed E-state index contributed by atoms with van der Waals surface area (Å²) in [5.74, 6) is -0.630. The number of rotatable bonds is 4. The summed E-state index contributed by atoms with van der Waals surface area (Å²) in [5, 5.41) is 19.2. The molecule has 82 valence electrons. The fourth-order valence-corrected chi connectivity index (χ4v) is 1.39. The van der Waals surface area contributed by atoms with E-state index >= 15 is 0 Å². The third kappa shape index (κ3) is 3.34. The Morgan fingerprint density at radius 3 is 2.67 bits per heavy atom. The highest BCUT2D eigenvalue weighted by atomic mass is 16.3. The molecule has 0 aromatic heterocycles. The number of primary amides is 1. The van der Waals surface area contributed by atoms with Crippen LogP contribution in [-0.2, 0) is 4.79 Å². The molecule has 15 heavy (non-hydrogen) atoms. The molecule has 0 radical (unpaired) electrons. The maximum atomic E-state index is 10.6. The van der Waals surface area contributed by atoms with Crippen molar-refractivity contribution < 1.29 is 15.0 Å². The van der Waals surface area contributed by atoms with Gasteiger partial charge in [-0.05, 0) is 12.5 Å². The fraction of sp³-hybridized carbons (Fsp3) is 0.364. The van der Waals surface area contributed by atoms with Gasteiger partial charge in [0.2, 0.25) is 5.91 Å². The second-order valence-corrected chi connectivity index (χ2v) is 3.60. The zero-order valence-corrected chi connectivity index (χ0v) is 8.55. The molecule has 0 bridgehead atoms. The second kappa shape index (κ2) is 4.91. The molecule has 0 aliphatic heterocycles. The molecule has 0 heterocycles. The van der Waals surface area contributed by atoms with E-state index in [1.165, 1.54) is 0 Å². The highest BCUT2D eigenvalue weighted by molar-refractivity contribution is 5.74. The van der Waals surface area contributed by atoms with Crippen LogP contribution in [0.2, 0.25) is 0 Å². The zero-order valence-electron chi connectivity index (χ0n) is 8.55. The number of hydrogen-bond donors (Lipinski definition) is 3. The van der Waals surface area contributed by atoms with Gasteiger partial charge in [-0.25, -0.2) is 0 Å². The Morgan fingerprint density at radius 1 is 1.47 bits per heavy atom. The molecule has 0 fully saturated rings. The van der Waals surface area contributed by atoms with Crippen LogP contribution in [0.15, 0.2) is 24.3 Å². The Bertz CT molecular complexity index is 351. The van der Waals surface area contributed by atoms with Gasteiger partial charge in [0.25, 0.3) is 0 Å². The zero-order chi connectivity index (χ0) is 11.4. The van der Waals surface area contributed by atoms with Gasteiger partial charge >= 0.3 is 0 Å². The smallest absolute Gasteiger partial charge is 0.220 e. The Balaban J connectivity index is 2.75. The van der Waals surface area contributed by atoms with Crippen molar-refractivity contribution in [3.8, 4) is 0 Å². The number of hydrogen-bond acceptors (Lipinski definition) is 3. The van der Waals surface area contributed by atoms with Crippen LogP contribution in [-0.4, -0.2) is 22.2 Å². The van der Waals surface area contributed by atoms with E-state index in [1.54, 1.807) is 18.2 Å². The molecule has 4 N–H and O–H groups in total. The lowest BCUT2D eigenvalue weighted by atomic mass is 10.0. The molecule has 0 aliphatic rings. The average molecular weight is 209 g/mol. The minimum absolute atomic E-state index is 0.241. The first-order chi connectivity index (χ1) is 7.00. The van der Waals surface area contributed by atoms with Gasteiger partial charge < -0.3 is 15.9 Å². The van der Waals surface area contributed by atoms with Crippen LogP contribution in [0.5, 0.6) is 0 Å². The third-order valence-corrected chi connectivity index (χ3v) is 2.16. The second-order valence-electron chi connectivity index (χ2n) is 3.60. The van der Waals surface area contributed by atoms with Crippen molar-refractivity contribution in [2.24, 2.45) is 5.73 Å². The van der Waals surface area contributed by atoms with Crippen LogP contribution < -0.4 is 5.73 Å². The molecule has 4 heteroatoms. The molecule has 1 aromatic rings. The summed E-state index contributed by atoms with van der Waals surface area (Å²) in [6, 6.07) is 7.12. The summed E-state index contributed by atoms with van der Waals surface area (Å²) in [5.41, 5.74) is 6.50. The predicted octanol–water partition coefficient (Wildman–Crippen LogP) is 0.265. The molecule has 1 rings (SSSR count). The van der Waals surface area contributed by atoms with E-state index in [1.807, 2.05) is 13.0 Å². The Labute approximate surface area is 88.3 Å². The standard InChI is InChI=1S/C11H15NO3/c1-7-3-2-4-8(5-7)11(15)9(13)6-10(12)14/h2-5,9,11,13,15H,6H2,1H3,(H2,12,14). The Kier molecular flexibility index (Phi) is 3.82. The number of benzene rings is 1. The number of amides is 1. The van der Waals surface area contributed by atoms with Crippen molar-refractivity contribution in [3.05, 3.63) is 35.4 Å². The van der Waals surface area contributed by atoms with E-state index in [2.05, 4.69) is 0 Å². The molecule has 1 aromatic carbocycles. The maximum Gasteiger partial charge on any atom is 0.220 e. The molecule has 0 spiro atoms. The summed E-state index contributed by atoms with van der Waals surface area (Å²) in [4.78, 5) is 10.6. The van der Waals surface area contributed by atoms with Gasteiger partial charge in [-0.3, -0.25) is 4.79 Å². The molecule has 4 nitrogen and oxygen atoms in total. The van der Waals surface area contributed by atoms with Crippen molar-refractivity contribution in [1.82, 2.24) is 0 Å². The van der Waals surface area contributed by atoms with Crippen LogP contribution in [0, 0.1) is 6.92 Å². The highest BCUT2D eigenvalue weighted by Gasteiger charge is 2.20. The number of carbonyl (C=O) groups excluding carboxylic acids is 1. The Hall–Kier alpha value is -1.39. The van der Waals surface area contributed by atoms with Crippen molar-refractivity contribution in [1.29, 1.82) is 0 Å². The van der Waals surface area contributed by atoms with Crippen molar-refractivity contribution in [2.45, 2.75) is 25.6 Å². The number of aryl methyl sites for hydroxylation is 1. The first kappa shape index (κ1) is 11.7. The van der Waals surface area contributed by atoms with E-state index in [9.17, 15) is 15.0 Å². The topological polar surface area (TPSA) is 83.6 Å². The molecule has 1 amide bonds. The first-order valence-electron chi connectivity index (χ1n) is 4.71. The van der Waals surface area contributed by atoms with Crippen molar-refractivity contribution >= 4 is 5.91 Å². The first-order valence-corrected chi connectivity index (χ1v) is 4.71. The maximum absolute atomic E-state index is 10.6. The number of nitrogens with two attached hydrogens (primary N) is 1. The summed E-state index contributed by atoms with van der Waals surface area (Å²) < 4.78 is 0. The number of aliphatic hydroxyl groups excluding tert-OH is 2. The molecular weight excluding hydrogens is 194 g/mol. The SMILES string of the molecule is Cc1cccc(C(O)C(O)CC(N)=O)c1. The third-order valence-electron chi connectivity index (χ3n) is 2.16. The lowest BCUT2D eigenvalue weighted by molar-refractivity contribution is -0.121. The van der Waals surface area contributed by atoms with Crippen molar-refractivity contribution in [2.75, 3.05) is 0 Å². The average Bonchev–Trinajstić information content (AvgIpc) is 2.15. The molecule has 0 saturated heterocycles. The van der Waals surface area contributed by atoms with E-state index in [0.29, 0.717) is 5.56 Å². The van der Waals surface area contributed by atoms with E-state index < -0.39 is 18.1 Å². The summed E-state index contributed by atoms with van der Waals surface area (Å²) in [7, 11) is 0. The van der Waals surface area contributed by atoms with Crippen molar-refractivity contribution in [3.63, 3.8) is 0 Å². The molecule has 0 aliphatic carbocycles. The van der Waals surface area contributed by atoms with Gasteiger partial charge in [0.05, 0.1) is 12.5 Å². The lowest BCUT2D eigenvalue weighted by Crippen LogP contribution is -2.25. The van der Waals surface area contributed by atoms with Gasteiger partial charge in [-0.1, -0.05) is 29.8 Å². The van der Waals surface area contributed by atoms with Crippen LogP contribution in [0.1, 0.15) is 23.7 Å². The predicted molar refractivity (Wildman–Crippen MR) is 56.0 cm³/mol. The molecule has 0 saturated carbocycles. The lowest BCUT2D eigenvalue weighted by Gasteiger charge is -2.17. The van der Waals surface area contributed by atoms with E-state index in [4.69, 9.17) is 5.73 Å². The fourth-order valence-electron chi connectivity index (χ4n) is 1.39. The largest absolute Gasteiger partial charge is 0.390 e. The molecular formula is C11H15NO3. The summed E-state index contributed by atoms with van der Waals surface area (Å²) in [6.45, 7) is 1.89. The van der Waals surface area contributed by atoms with E-state index in [0.717, 1.165) is 5.56 Å². The minimum atomic E-state index is -1.15. The van der Waals surface area contributed by atoms with Crippen LogP contribution in [0.4, 0.5) is 0 Å². The number of aliphatic hydroxyl groups is 2.